The molecule has 0 saturated carbocycles. The van der Waals surface area contributed by atoms with Gasteiger partial charge in [0.1, 0.15) is 0 Å². The monoisotopic (exact) mass is 698 g/mol. The molecule has 1 N–H and O–H groups in total. The van der Waals surface area contributed by atoms with Crippen LogP contribution >= 0.6 is 0 Å². The van der Waals surface area contributed by atoms with Crippen LogP contribution in [-0.4, -0.2) is 82.0 Å². The SMILES string of the molecule is CC(C)[C@@H](CO[Si](C)(C)C(C)(C)C)NC(=O)c1nnc(C(=O)N2CCC[C@@H](OCc3ccccc3)C2)cc1CCO[Si](C)(C)C(C)(C)C. The Morgan fingerprint density at radius 3 is 2.19 bits per heavy atom. The summed E-state index contributed by atoms with van der Waals surface area (Å²) < 4.78 is 19.2. The largest absolute Gasteiger partial charge is 0.416 e. The number of carbonyl (C=O) groups excluding carboxylic acids is 2. The summed E-state index contributed by atoms with van der Waals surface area (Å²) in [6.07, 6.45) is 2.13. The van der Waals surface area contributed by atoms with Crippen LogP contribution in [0.2, 0.25) is 36.3 Å². The second-order valence-electron chi connectivity index (χ2n) is 16.7. The van der Waals surface area contributed by atoms with E-state index in [1.54, 1.807) is 11.0 Å². The average Bonchev–Trinajstić information content (AvgIpc) is 3.00. The lowest BCUT2D eigenvalue weighted by atomic mass is 10.0. The first-order valence-electron chi connectivity index (χ1n) is 17.6. The Morgan fingerprint density at radius 2 is 1.58 bits per heavy atom. The molecule has 0 radical (unpaired) electrons. The van der Waals surface area contributed by atoms with Crippen LogP contribution in [0.1, 0.15) is 100 Å². The van der Waals surface area contributed by atoms with Gasteiger partial charge in [0.15, 0.2) is 28.0 Å². The molecule has 2 heterocycles. The second kappa shape index (κ2) is 16.5. The fourth-order valence-electron chi connectivity index (χ4n) is 4.91. The minimum Gasteiger partial charge on any atom is -0.416 e. The van der Waals surface area contributed by atoms with Gasteiger partial charge in [-0.25, -0.2) is 0 Å². The molecule has 1 aromatic carbocycles. The van der Waals surface area contributed by atoms with E-state index in [1.807, 2.05) is 30.3 Å². The Bertz CT molecular complexity index is 1360. The van der Waals surface area contributed by atoms with E-state index in [1.165, 1.54) is 0 Å². The quantitative estimate of drug-likeness (QED) is 0.202. The summed E-state index contributed by atoms with van der Waals surface area (Å²) in [5.74, 6) is -0.361. The number of aromatic nitrogens is 2. The molecule has 2 atom stereocenters. The number of likely N-dealkylation sites (tertiary alicyclic amines) is 1. The van der Waals surface area contributed by atoms with Crippen molar-refractivity contribution >= 4 is 28.4 Å². The highest BCUT2D eigenvalue weighted by Gasteiger charge is 2.39. The molecule has 0 spiro atoms. The molecule has 0 unspecified atom stereocenters. The molecule has 1 saturated heterocycles. The van der Waals surface area contributed by atoms with Gasteiger partial charge in [-0.15, -0.1) is 10.2 Å². The Kier molecular flexibility index (Phi) is 13.8. The van der Waals surface area contributed by atoms with Gasteiger partial charge in [0.2, 0.25) is 0 Å². The third kappa shape index (κ3) is 11.0. The first-order valence-corrected chi connectivity index (χ1v) is 23.4. The molecule has 1 aliphatic rings. The number of nitrogens with one attached hydrogen (secondary N) is 1. The molecule has 268 valence electrons. The van der Waals surface area contributed by atoms with Gasteiger partial charge in [0, 0.05) is 19.7 Å². The lowest BCUT2D eigenvalue weighted by molar-refractivity contribution is -0.00692. The molecule has 0 aliphatic carbocycles. The average molecular weight is 699 g/mol. The summed E-state index contributed by atoms with van der Waals surface area (Å²) in [5.41, 5.74) is 2.23. The van der Waals surface area contributed by atoms with Crippen molar-refractivity contribution < 1.29 is 23.2 Å². The predicted molar refractivity (Wildman–Crippen MR) is 198 cm³/mol. The van der Waals surface area contributed by atoms with E-state index in [4.69, 9.17) is 13.6 Å². The molecule has 48 heavy (non-hydrogen) atoms. The first-order chi connectivity index (χ1) is 22.2. The third-order valence-corrected chi connectivity index (χ3v) is 19.5. The lowest BCUT2D eigenvalue weighted by Crippen LogP contribution is -2.48. The molecule has 9 nitrogen and oxygen atoms in total. The number of ether oxygens (including phenoxy) is 1. The van der Waals surface area contributed by atoms with E-state index in [9.17, 15) is 9.59 Å². The van der Waals surface area contributed by atoms with Gasteiger partial charge in [-0.1, -0.05) is 85.7 Å². The molecule has 1 fully saturated rings. The Balaban J connectivity index is 1.81. The maximum Gasteiger partial charge on any atom is 0.274 e. The van der Waals surface area contributed by atoms with Crippen LogP contribution in [0, 0.1) is 5.92 Å². The highest BCUT2D eigenvalue weighted by atomic mass is 28.4. The minimum absolute atomic E-state index is 0.0485. The Morgan fingerprint density at radius 1 is 0.958 bits per heavy atom. The summed E-state index contributed by atoms with van der Waals surface area (Å²) in [6.45, 7) is 28.7. The number of hydrogen-bond donors (Lipinski definition) is 1. The van der Waals surface area contributed by atoms with Crippen LogP contribution in [0.3, 0.4) is 0 Å². The summed E-state index contributed by atoms with van der Waals surface area (Å²) in [5, 5.41) is 12.0. The summed E-state index contributed by atoms with van der Waals surface area (Å²) in [6, 6.07) is 11.6. The van der Waals surface area contributed by atoms with Gasteiger partial charge >= 0.3 is 0 Å². The Hall–Kier alpha value is -2.45. The third-order valence-electron chi connectivity index (χ3n) is 10.5. The standard InChI is InChI=1S/C37H62N4O5Si2/c1-27(2)32(26-46-48(11,12)37(6,7)8)38-34(42)33-29(20-22-45-47(9,10)36(3,4)5)23-31(39-40-33)35(43)41-21-16-19-30(24-41)44-25-28-17-14-13-15-18-28/h13-15,17-18,23,27,30,32H,16,19-22,24-26H2,1-12H3,(H,38,42)/t30-,32-/m1/s1. The van der Waals surface area contributed by atoms with Gasteiger partial charge in [-0.05, 0) is 78.6 Å². The van der Waals surface area contributed by atoms with Crippen LogP contribution in [0.4, 0.5) is 0 Å². The Labute approximate surface area is 292 Å². The van der Waals surface area contributed by atoms with Gasteiger partial charge in [0.25, 0.3) is 11.8 Å². The van der Waals surface area contributed by atoms with Crippen LogP contribution in [0.5, 0.6) is 0 Å². The molecule has 11 heteroatoms. The zero-order chi connectivity index (χ0) is 35.9. The summed E-state index contributed by atoms with van der Waals surface area (Å²) in [7, 11) is -4.04. The van der Waals surface area contributed by atoms with Crippen LogP contribution in [-0.2, 0) is 26.6 Å². The van der Waals surface area contributed by atoms with Crippen molar-refractivity contribution in [1.29, 1.82) is 0 Å². The number of hydrogen-bond acceptors (Lipinski definition) is 7. The van der Waals surface area contributed by atoms with Crippen molar-refractivity contribution in [2.75, 3.05) is 26.3 Å². The molecular weight excluding hydrogens is 637 g/mol. The van der Waals surface area contributed by atoms with Gasteiger partial charge < -0.3 is 23.8 Å². The fourth-order valence-corrected chi connectivity index (χ4v) is 6.99. The first kappa shape index (κ1) is 40.0. The highest BCUT2D eigenvalue weighted by Crippen LogP contribution is 2.37. The van der Waals surface area contributed by atoms with E-state index >= 15 is 0 Å². The maximum absolute atomic E-state index is 13.8. The van der Waals surface area contributed by atoms with Gasteiger partial charge in [-0.2, -0.15) is 0 Å². The topological polar surface area (TPSA) is 103 Å². The summed E-state index contributed by atoms with van der Waals surface area (Å²) >= 11 is 0. The van der Waals surface area contributed by atoms with Gasteiger partial charge in [0.05, 0.1) is 25.4 Å². The van der Waals surface area contributed by atoms with Gasteiger partial charge in [-0.3, -0.25) is 9.59 Å². The normalized spacial score (nSPS) is 17.0. The number of carbonyl (C=O) groups is 2. The van der Waals surface area contributed by atoms with Crippen LogP contribution in [0.25, 0.3) is 0 Å². The summed E-state index contributed by atoms with van der Waals surface area (Å²) in [4.78, 5) is 29.4. The smallest absolute Gasteiger partial charge is 0.274 e. The van der Waals surface area contributed by atoms with Crippen molar-refractivity contribution in [3.63, 3.8) is 0 Å². The molecule has 2 amide bonds. The highest BCUT2D eigenvalue weighted by molar-refractivity contribution is 6.74. The van der Waals surface area contributed by atoms with Crippen molar-refractivity contribution in [3.05, 3.63) is 58.9 Å². The van der Waals surface area contributed by atoms with E-state index < -0.39 is 16.6 Å². The number of rotatable bonds is 14. The molecule has 1 aliphatic heterocycles. The van der Waals surface area contributed by atoms with Crippen LogP contribution in [0.15, 0.2) is 36.4 Å². The number of nitrogens with zero attached hydrogens (tertiary/aromatic N) is 3. The molecular formula is C37H62N4O5Si2. The van der Waals surface area contributed by atoms with E-state index in [0.29, 0.717) is 44.9 Å². The molecule has 0 bridgehead atoms. The van der Waals surface area contributed by atoms with Crippen molar-refractivity contribution in [2.24, 2.45) is 5.92 Å². The van der Waals surface area contributed by atoms with Crippen molar-refractivity contribution in [2.45, 2.75) is 130 Å². The van der Waals surface area contributed by atoms with E-state index in [-0.39, 0.29) is 51.3 Å². The predicted octanol–water partition coefficient (Wildman–Crippen LogP) is 7.64. The van der Waals surface area contributed by atoms with Crippen molar-refractivity contribution in [1.82, 2.24) is 20.4 Å². The van der Waals surface area contributed by atoms with Crippen LogP contribution < -0.4 is 5.32 Å². The lowest BCUT2D eigenvalue weighted by Gasteiger charge is -2.38. The number of piperidine rings is 1. The minimum atomic E-state index is -2.03. The second-order valence-corrected chi connectivity index (χ2v) is 26.3. The fraction of sp³-hybridized carbons (Fsp3) is 0.676. The molecule has 2 aromatic rings. The molecule has 1 aromatic heterocycles. The molecule has 3 rings (SSSR count). The van der Waals surface area contributed by atoms with E-state index in [0.717, 1.165) is 18.4 Å². The number of amides is 2. The zero-order valence-electron chi connectivity index (χ0n) is 31.7. The zero-order valence-corrected chi connectivity index (χ0v) is 33.7. The maximum atomic E-state index is 13.8. The van der Waals surface area contributed by atoms with Crippen molar-refractivity contribution in [3.8, 4) is 0 Å². The number of benzene rings is 1. The van der Waals surface area contributed by atoms with E-state index in [2.05, 4.69) is 97.1 Å².